The Bertz CT molecular complexity index is 1140. The Morgan fingerprint density at radius 1 is 1.25 bits per heavy atom. The van der Waals surface area contributed by atoms with E-state index in [1.165, 1.54) is 26.2 Å². The number of amides is 1. The van der Waals surface area contributed by atoms with Crippen LogP contribution in [0.2, 0.25) is 0 Å². The van der Waals surface area contributed by atoms with Gasteiger partial charge in [0.1, 0.15) is 11.4 Å². The number of aryl methyl sites for hydroxylation is 1. The molecule has 2 N–H and O–H groups in total. The molecule has 0 radical (unpaired) electrons. The first-order chi connectivity index (χ1) is 13.2. The Balaban J connectivity index is 2.09. The summed E-state index contributed by atoms with van der Waals surface area (Å²) in [4.78, 5) is 25.2. The molecule has 0 bridgehead atoms. The summed E-state index contributed by atoms with van der Waals surface area (Å²) in [6.07, 6.45) is -0.828. The standard InChI is InChI=1S/C20H18F2N2O4/c1-10-12-8-14(21)17(28-20(26)24(2)3)9-16(12)27-19(25)13(10)7-11-5-4-6-15(23)18(11)22/h4-6,8-9H,7,23H2,1-3H3. The quantitative estimate of drug-likeness (QED) is 0.547. The second kappa shape index (κ2) is 7.30. The fourth-order valence-electron chi connectivity index (χ4n) is 2.78. The van der Waals surface area contributed by atoms with Crippen LogP contribution < -0.4 is 16.1 Å². The van der Waals surface area contributed by atoms with Crippen molar-refractivity contribution in [2.45, 2.75) is 13.3 Å². The number of halogens is 2. The Morgan fingerprint density at radius 3 is 2.64 bits per heavy atom. The normalized spacial score (nSPS) is 10.9. The van der Waals surface area contributed by atoms with E-state index in [9.17, 15) is 18.4 Å². The molecule has 0 atom stereocenters. The molecule has 0 saturated heterocycles. The second-order valence-electron chi connectivity index (χ2n) is 6.53. The number of carbonyl (C=O) groups excluding carboxylic acids is 1. The summed E-state index contributed by atoms with van der Waals surface area (Å²) >= 11 is 0. The number of hydrogen-bond acceptors (Lipinski definition) is 5. The molecule has 0 spiro atoms. The van der Waals surface area contributed by atoms with Crippen LogP contribution in [0, 0.1) is 18.6 Å². The van der Waals surface area contributed by atoms with Crippen molar-refractivity contribution in [1.82, 2.24) is 4.90 Å². The lowest BCUT2D eigenvalue weighted by atomic mass is 9.99. The zero-order chi connectivity index (χ0) is 20.6. The number of nitrogens with zero attached hydrogens (tertiary/aromatic N) is 1. The van der Waals surface area contributed by atoms with Gasteiger partial charge in [0.25, 0.3) is 0 Å². The number of rotatable bonds is 3. The summed E-state index contributed by atoms with van der Waals surface area (Å²) in [7, 11) is 2.90. The van der Waals surface area contributed by atoms with Gasteiger partial charge in [-0.05, 0) is 30.2 Å². The first-order valence-corrected chi connectivity index (χ1v) is 8.37. The van der Waals surface area contributed by atoms with Gasteiger partial charge in [0, 0.05) is 37.5 Å². The van der Waals surface area contributed by atoms with Crippen molar-refractivity contribution in [1.29, 1.82) is 0 Å². The fraction of sp³-hybridized carbons (Fsp3) is 0.200. The fourth-order valence-corrected chi connectivity index (χ4v) is 2.78. The molecule has 0 aliphatic carbocycles. The van der Waals surface area contributed by atoms with Gasteiger partial charge >= 0.3 is 11.7 Å². The Kier molecular flexibility index (Phi) is 5.04. The molecule has 8 heteroatoms. The van der Waals surface area contributed by atoms with Crippen LogP contribution in [-0.2, 0) is 6.42 Å². The third-order valence-electron chi connectivity index (χ3n) is 4.38. The summed E-state index contributed by atoms with van der Waals surface area (Å²) in [5.41, 5.74) is 5.76. The molecule has 3 rings (SSSR count). The highest BCUT2D eigenvalue weighted by Crippen LogP contribution is 2.29. The third kappa shape index (κ3) is 3.53. The number of nitrogens with two attached hydrogens (primary N) is 1. The first-order valence-electron chi connectivity index (χ1n) is 8.37. The summed E-state index contributed by atoms with van der Waals surface area (Å²) in [5, 5.41) is 0.320. The summed E-state index contributed by atoms with van der Waals surface area (Å²) in [6, 6.07) is 6.77. The number of fused-ring (bicyclic) bond motifs is 1. The van der Waals surface area contributed by atoms with Crippen molar-refractivity contribution in [3.63, 3.8) is 0 Å². The highest BCUT2D eigenvalue weighted by molar-refractivity contribution is 5.83. The summed E-state index contributed by atoms with van der Waals surface area (Å²) in [5.74, 6) is -1.76. The topological polar surface area (TPSA) is 85.8 Å². The molecule has 1 aromatic heterocycles. The highest BCUT2D eigenvalue weighted by atomic mass is 19.1. The van der Waals surface area contributed by atoms with E-state index < -0.39 is 23.4 Å². The number of hydrogen-bond donors (Lipinski definition) is 1. The number of ether oxygens (including phenoxy) is 1. The maximum atomic E-state index is 14.4. The molecule has 6 nitrogen and oxygen atoms in total. The highest BCUT2D eigenvalue weighted by Gasteiger charge is 2.19. The number of nitrogen functional groups attached to an aromatic ring is 1. The van der Waals surface area contributed by atoms with Crippen LogP contribution >= 0.6 is 0 Å². The lowest BCUT2D eigenvalue weighted by molar-refractivity contribution is 0.170. The molecule has 3 aromatic rings. The molecule has 28 heavy (non-hydrogen) atoms. The van der Waals surface area contributed by atoms with Crippen molar-refractivity contribution in [3.8, 4) is 5.75 Å². The van der Waals surface area contributed by atoms with E-state index in [-0.39, 0.29) is 34.6 Å². The van der Waals surface area contributed by atoms with E-state index in [4.69, 9.17) is 14.9 Å². The van der Waals surface area contributed by atoms with Crippen LogP contribution in [0.3, 0.4) is 0 Å². The van der Waals surface area contributed by atoms with Crippen LogP contribution in [0.25, 0.3) is 11.0 Å². The summed E-state index contributed by atoms with van der Waals surface area (Å²) in [6.45, 7) is 1.61. The zero-order valence-electron chi connectivity index (χ0n) is 15.5. The van der Waals surface area contributed by atoms with Gasteiger partial charge in [-0.3, -0.25) is 0 Å². The van der Waals surface area contributed by atoms with Crippen LogP contribution in [0.5, 0.6) is 5.75 Å². The van der Waals surface area contributed by atoms with Crippen molar-refractivity contribution in [2.75, 3.05) is 19.8 Å². The Hall–Kier alpha value is -3.42. The average molecular weight is 388 g/mol. The predicted molar refractivity (Wildman–Crippen MR) is 101 cm³/mol. The Labute approximate surface area is 159 Å². The molecular formula is C20H18F2N2O4. The zero-order valence-corrected chi connectivity index (χ0v) is 15.5. The Morgan fingerprint density at radius 2 is 1.96 bits per heavy atom. The smallest absolute Gasteiger partial charge is 0.414 e. The van der Waals surface area contributed by atoms with Gasteiger partial charge in [0.05, 0.1) is 5.69 Å². The van der Waals surface area contributed by atoms with E-state index in [0.29, 0.717) is 10.9 Å². The van der Waals surface area contributed by atoms with Crippen LogP contribution in [-0.4, -0.2) is 25.1 Å². The first kappa shape index (κ1) is 19.3. The molecule has 0 fully saturated rings. The minimum Gasteiger partial charge on any atom is -0.422 e. The number of benzene rings is 2. The van der Waals surface area contributed by atoms with E-state index >= 15 is 0 Å². The van der Waals surface area contributed by atoms with Gasteiger partial charge in [-0.1, -0.05) is 12.1 Å². The monoisotopic (exact) mass is 388 g/mol. The van der Waals surface area contributed by atoms with E-state index in [1.54, 1.807) is 13.0 Å². The molecule has 1 amide bonds. The van der Waals surface area contributed by atoms with Crippen molar-refractivity contribution in [3.05, 3.63) is 69.1 Å². The number of carbonyl (C=O) groups is 1. The van der Waals surface area contributed by atoms with Gasteiger partial charge in [-0.2, -0.15) is 0 Å². The van der Waals surface area contributed by atoms with E-state index in [1.807, 2.05) is 0 Å². The predicted octanol–water partition coefficient (Wildman–Crippen LogP) is 3.61. The molecule has 0 aliphatic heterocycles. The molecule has 2 aromatic carbocycles. The van der Waals surface area contributed by atoms with Gasteiger partial charge < -0.3 is 19.8 Å². The largest absolute Gasteiger partial charge is 0.422 e. The van der Waals surface area contributed by atoms with Gasteiger partial charge in [-0.15, -0.1) is 0 Å². The van der Waals surface area contributed by atoms with Crippen molar-refractivity contribution < 1.29 is 22.7 Å². The van der Waals surface area contributed by atoms with E-state index in [0.717, 1.165) is 17.0 Å². The SMILES string of the molecule is Cc1c(Cc2cccc(N)c2F)c(=O)oc2cc(OC(=O)N(C)C)c(F)cc12. The van der Waals surface area contributed by atoms with Crippen molar-refractivity contribution >= 4 is 22.7 Å². The molecular weight excluding hydrogens is 370 g/mol. The average Bonchev–Trinajstić information content (AvgIpc) is 2.63. The molecule has 0 aliphatic rings. The van der Waals surface area contributed by atoms with Crippen LogP contribution in [0.4, 0.5) is 19.3 Å². The number of anilines is 1. The van der Waals surface area contributed by atoms with E-state index in [2.05, 4.69) is 0 Å². The maximum absolute atomic E-state index is 14.4. The second-order valence-corrected chi connectivity index (χ2v) is 6.53. The molecule has 0 unspecified atom stereocenters. The third-order valence-corrected chi connectivity index (χ3v) is 4.38. The van der Waals surface area contributed by atoms with Gasteiger partial charge in [-0.25, -0.2) is 18.4 Å². The van der Waals surface area contributed by atoms with Crippen molar-refractivity contribution in [2.24, 2.45) is 0 Å². The summed E-state index contributed by atoms with van der Waals surface area (Å²) < 4.78 is 38.8. The molecule has 146 valence electrons. The van der Waals surface area contributed by atoms with Gasteiger partial charge in [0.15, 0.2) is 11.6 Å². The molecule has 0 saturated carbocycles. The molecule has 1 heterocycles. The lowest BCUT2D eigenvalue weighted by Gasteiger charge is -2.13. The minimum absolute atomic E-state index is 0.0290. The van der Waals surface area contributed by atoms with Gasteiger partial charge in [0.2, 0.25) is 0 Å². The van der Waals surface area contributed by atoms with Crippen LogP contribution in [0.1, 0.15) is 16.7 Å². The lowest BCUT2D eigenvalue weighted by Crippen LogP contribution is -2.25. The minimum atomic E-state index is -0.791. The maximum Gasteiger partial charge on any atom is 0.414 e. The van der Waals surface area contributed by atoms with Crippen LogP contribution in [0.15, 0.2) is 39.5 Å².